The van der Waals surface area contributed by atoms with Crippen molar-refractivity contribution in [2.45, 2.75) is 138 Å². The molecular weight excluding hydrogens is 1410 g/mol. The number of hydrogen-bond acceptors (Lipinski definition) is 5. The highest BCUT2D eigenvalue weighted by Crippen LogP contribution is 2.32. The zero-order chi connectivity index (χ0) is 85.0. The van der Waals surface area contributed by atoms with Gasteiger partial charge in [0.15, 0.2) is 17.3 Å². The molecule has 16 aromatic rings. The lowest BCUT2D eigenvalue weighted by atomic mass is 9.93. The average molecular weight is 1540 g/mol. The molecule has 5 nitrogen and oxygen atoms in total. The third-order valence-electron chi connectivity index (χ3n) is 17.6. The molecule has 0 N–H and O–H groups in total. The summed E-state index contributed by atoms with van der Waals surface area (Å²) in [6.45, 7) is 39.9. The highest BCUT2D eigenvalue weighted by atomic mass is 16.5. The van der Waals surface area contributed by atoms with E-state index in [9.17, 15) is 14.4 Å². The second kappa shape index (κ2) is 54.8. The summed E-state index contributed by atoms with van der Waals surface area (Å²) in [4.78, 5) is 33.6. The van der Waals surface area contributed by atoms with E-state index in [1.54, 1.807) is 13.8 Å². The Morgan fingerprint density at radius 2 is 0.328 bits per heavy atom. The van der Waals surface area contributed by atoms with Crippen molar-refractivity contribution in [3.8, 4) is 23.0 Å². The minimum atomic E-state index is 0.0833. The lowest BCUT2D eigenvalue weighted by Gasteiger charge is -2.11. The molecule has 0 bridgehead atoms. The summed E-state index contributed by atoms with van der Waals surface area (Å²) in [5.74, 6) is 3.58. The van der Waals surface area contributed by atoms with Crippen molar-refractivity contribution in [2.75, 3.05) is 0 Å². The van der Waals surface area contributed by atoms with Crippen LogP contribution in [0.3, 0.4) is 0 Å². The Kier molecular flexibility index (Phi) is 45.1. The summed E-state index contributed by atoms with van der Waals surface area (Å²) < 4.78 is 11.6. The van der Waals surface area contributed by atoms with Crippen molar-refractivity contribution < 1.29 is 23.9 Å². The molecule has 0 heterocycles. The largest absolute Gasteiger partial charge is 0.457 e. The van der Waals surface area contributed by atoms with Crippen molar-refractivity contribution in [1.29, 1.82) is 0 Å². The number of Topliss-reactive ketones (excluding diaryl/α,β-unsaturated/α-hetero) is 2. The highest BCUT2D eigenvalue weighted by Gasteiger charge is 2.09. The SMILES string of the molecule is CC.CC.CC.CC.CC(=O)c1ccc(C)cc1.CC(=O)c1ccc(C)cc1.Cc1c2ccccc2c(C)c2ccccc12.Cc1ccc(C(=O)c2ccc(C)cc2)cc1.Cc1ccc(C)cc1.Cc1ccc(Oc2ccc(Oc3ccc(C)cc3)cc2)cc1.c1ccc2ccccc2c1.c1ccc2ccccc2c1.c1ccccc1. The topological polar surface area (TPSA) is 69.7 Å². The fourth-order valence-corrected chi connectivity index (χ4v) is 11.1. The second-order valence-corrected chi connectivity index (χ2v) is 26.6. The van der Waals surface area contributed by atoms with Gasteiger partial charge in [0, 0.05) is 22.3 Å². The van der Waals surface area contributed by atoms with E-state index in [4.69, 9.17) is 9.47 Å². The molecule has 5 heteroatoms. The normalized spacial score (nSPS) is 9.48. The zero-order valence-electron chi connectivity index (χ0n) is 72.3. The van der Waals surface area contributed by atoms with Gasteiger partial charge in [-0.1, -0.05) is 427 Å². The van der Waals surface area contributed by atoms with Gasteiger partial charge in [0.2, 0.25) is 0 Å². The van der Waals surface area contributed by atoms with Crippen LogP contribution < -0.4 is 9.47 Å². The number of carbonyl (C=O) groups excluding carboxylic acids is 3. The predicted octanol–water partition coefficient (Wildman–Crippen LogP) is 32.2. The first-order chi connectivity index (χ1) is 56.3. The molecular formula is C111H122O5. The molecule has 0 fully saturated rings. The molecule has 596 valence electrons. The van der Waals surface area contributed by atoms with Crippen LogP contribution in [0.2, 0.25) is 0 Å². The third-order valence-corrected chi connectivity index (χ3v) is 17.6. The number of ketones is 3. The van der Waals surface area contributed by atoms with Gasteiger partial charge >= 0.3 is 0 Å². The van der Waals surface area contributed by atoms with Crippen LogP contribution in [0.25, 0.3) is 43.1 Å². The first kappa shape index (κ1) is 95.5. The maximum atomic E-state index is 12.1. The van der Waals surface area contributed by atoms with Gasteiger partial charge in [0.05, 0.1) is 0 Å². The summed E-state index contributed by atoms with van der Waals surface area (Å²) in [5, 5.41) is 10.7. The van der Waals surface area contributed by atoms with E-state index in [0.29, 0.717) is 0 Å². The van der Waals surface area contributed by atoms with E-state index in [-0.39, 0.29) is 17.3 Å². The number of hydrogen-bond donors (Lipinski definition) is 0. The number of benzene rings is 16. The fourth-order valence-electron chi connectivity index (χ4n) is 11.1. The molecule has 0 aromatic heterocycles. The maximum absolute atomic E-state index is 12.1. The van der Waals surface area contributed by atoms with Gasteiger partial charge in [0.25, 0.3) is 0 Å². The van der Waals surface area contributed by atoms with Gasteiger partial charge in [-0.2, -0.15) is 0 Å². The summed E-state index contributed by atoms with van der Waals surface area (Å²) in [7, 11) is 0. The molecule has 0 saturated heterocycles. The van der Waals surface area contributed by atoms with Crippen LogP contribution in [0.5, 0.6) is 23.0 Å². The highest BCUT2D eigenvalue weighted by molar-refractivity contribution is 6.09. The Bertz CT molecular complexity index is 4840. The number of carbonyl (C=O) groups is 3. The van der Waals surface area contributed by atoms with Crippen molar-refractivity contribution in [3.63, 3.8) is 0 Å². The molecule has 0 unspecified atom stereocenters. The molecule has 16 aromatic carbocycles. The standard InChI is InChI=1S/C20H18O2.C16H14.C15H14O.2C10H8.2C9H10O.C8H10.C6H6.4C2H6/c1-15-3-7-17(8-4-15)21-19-11-13-20(14-12-19)22-18-9-5-16(2)6-10-18;1-11-13-7-3-5-9-15(13)12(2)16-10-6-4-8-14(11)16;1-11-3-7-13(8-4-11)15(16)14-9-5-12(2)6-10-14;2*1-2-6-10-8-4-3-7-9(10)5-1;2*1-7-3-5-9(6-4-7)8(2)10;1-7-3-5-8(2)6-4-7;1-2-4-6-5-3-1;4*1-2/h3-14H,1-2H3;2*3-10H,1-2H3;2*1-8H;2*3-6H,1-2H3;3-6H,1-2H3;1-6H;4*1-2H3. The minimum absolute atomic E-state index is 0.0833. The van der Waals surface area contributed by atoms with Crippen molar-refractivity contribution in [1.82, 2.24) is 0 Å². The van der Waals surface area contributed by atoms with Gasteiger partial charge in [-0.05, 0) is 186 Å². The zero-order valence-corrected chi connectivity index (χ0v) is 72.3. The van der Waals surface area contributed by atoms with Crippen LogP contribution in [0.4, 0.5) is 0 Å². The second-order valence-electron chi connectivity index (χ2n) is 26.6. The van der Waals surface area contributed by atoms with Crippen LogP contribution in [0, 0.1) is 69.2 Å². The lowest BCUT2D eigenvalue weighted by molar-refractivity contribution is 0.100. The smallest absolute Gasteiger partial charge is 0.193 e. The summed E-state index contributed by atoms with van der Waals surface area (Å²) in [6.07, 6.45) is 0. The van der Waals surface area contributed by atoms with Crippen molar-refractivity contribution in [3.05, 3.63) is 454 Å². The molecule has 0 aliphatic rings. The summed E-state index contributed by atoms with van der Waals surface area (Å²) in [5.41, 5.74) is 15.6. The minimum Gasteiger partial charge on any atom is -0.457 e. The van der Waals surface area contributed by atoms with E-state index >= 15 is 0 Å². The first-order valence-corrected chi connectivity index (χ1v) is 40.5. The van der Waals surface area contributed by atoms with Crippen molar-refractivity contribution >= 4 is 60.4 Å². The Hall–Kier alpha value is -12.8. The van der Waals surface area contributed by atoms with E-state index in [1.165, 1.54) is 98.7 Å². The van der Waals surface area contributed by atoms with Gasteiger partial charge in [-0.15, -0.1) is 0 Å². The molecule has 0 saturated carbocycles. The van der Waals surface area contributed by atoms with E-state index < -0.39 is 0 Å². The Morgan fingerprint density at radius 3 is 0.509 bits per heavy atom. The van der Waals surface area contributed by atoms with Gasteiger partial charge in [0.1, 0.15) is 23.0 Å². The molecule has 0 aliphatic heterocycles. The van der Waals surface area contributed by atoms with Gasteiger partial charge in [-0.25, -0.2) is 0 Å². The molecule has 116 heavy (non-hydrogen) atoms. The van der Waals surface area contributed by atoms with Crippen molar-refractivity contribution in [2.24, 2.45) is 0 Å². The molecule has 0 amide bonds. The van der Waals surface area contributed by atoms with E-state index in [0.717, 1.165) is 45.3 Å². The summed E-state index contributed by atoms with van der Waals surface area (Å²) >= 11 is 0. The molecule has 0 atom stereocenters. The van der Waals surface area contributed by atoms with Crippen LogP contribution in [0.1, 0.15) is 162 Å². The van der Waals surface area contributed by atoms with Crippen LogP contribution in [-0.2, 0) is 0 Å². The van der Waals surface area contributed by atoms with E-state index in [2.05, 4.69) is 211 Å². The first-order valence-electron chi connectivity index (χ1n) is 40.5. The quantitative estimate of drug-likeness (QED) is 0.112. The van der Waals surface area contributed by atoms with Gasteiger partial charge in [-0.3, -0.25) is 14.4 Å². The molecule has 16 rings (SSSR count). The molecule has 0 spiro atoms. The van der Waals surface area contributed by atoms with E-state index in [1.807, 2.05) is 289 Å². The number of fused-ring (bicyclic) bond motifs is 4. The lowest BCUT2D eigenvalue weighted by Crippen LogP contribution is -2.00. The van der Waals surface area contributed by atoms with Crippen LogP contribution >= 0.6 is 0 Å². The van der Waals surface area contributed by atoms with Crippen LogP contribution in [0.15, 0.2) is 376 Å². The Morgan fingerprint density at radius 1 is 0.181 bits per heavy atom. The molecule has 0 aliphatic carbocycles. The Labute approximate surface area is 695 Å². The number of ether oxygens (including phenoxy) is 2. The molecule has 0 radical (unpaired) electrons. The van der Waals surface area contributed by atoms with Crippen LogP contribution in [-0.4, -0.2) is 17.3 Å². The monoisotopic (exact) mass is 1530 g/mol. The fraction of sp³-hybridized carbons (Fsp3) is 0.180. The Balaban J connectivity index is 0.000000277. The third kappa shape index (κ3) is 34.6. The predicted molar refractivity (Wildman–Crippen MR) is 504 cm³/mol. The summed E-state index contributed by atoms with van der Waals surface area (Å²) in [6, 6.07) is 125. The maximum Gasteiger partial charge on any atom is 0.193 e. The van der Waals surface area contributed by atoms with Gasteiger partial charge < -0.3 is 9.47 Å². The number of rotatable bonds is 8. The average Bonchev–Trinajstić information content (AvgIpc) is 0.765. The number of aryl methyl sites for hydroxylation is 10.